The number of terminal acetylenes is 1. The molecular formula is C13H20N2O2. The molecule has 0 aromatic heterocycles. The van der Waals surface area contributed by atoms with Gasteiger partial charge in [0.15, 0.2) is 0 Å². The van der Waals surface area contributed by atoms with Crippen LogP contribution in [0.25, 0.3) is 0 Å². The molecule has 0 radical (unpaired) electrons. The Bertz CT molecular complexity index is 342. The van der Waals surface area contributed by atoms with Crippen LogP contribution in [-0.2, 0) is 9.59 Å². The molecule has 0 bridgehead atoms. The molecule has 1 rings (SSSR count). The molecule has 0 spiro atoms. The van der Waals surface area contributed by atoms with Crippen molar-refractivity contribution in [2.45, 2.75) is 45.1 Å². The molecule has 0 atom stereocenters. The second-order valence-corrected chi connectivity index (χ2v) is 4.88. The van der Waals surface area contributed by atoms with Gasteiger partial charge in [0.25, 0.3) is 0 Å². The third kappa shape index (κ3) is 3.77. The van der Waals surface area contributed by atoms with Crippen LogP contribution in [0.15, 0.2) is 0 Å². The van der Waals surface area contributed by atoms with Gasteiger partial charge in [0, 0.05) is 25.9 Å². The van der Waals surface area contributed by atoms with Crippen molar-refractivity contribution in [1.29, 1.82) is 0 Å². The van der Waals surface area contributed by atoms with E-state index in [-0.39, 0.29) is 11.8 Å². The zero-order valence-electron chi connectivity index (χ0n) is 10.6. The van der Waals surface area contributed by atoms with Gasteiger partial charge < -0.3 is 10.2 Å². The third-order valence-electron chi connectivity index (χ3n) is 2.88. The van der Waals surface area contributed by atoms with Crippen molar-refractivity contribution in [3.05, 3.63) is 0 Å². The van der Waals surface area contributed by atoms with E-state index in [4.69, 9.17) is 6.42 Å². The first-order valence-electron chi connectivity index (χ1n) is 6.01. The van der Waals surface area contributed by atoms with Gasteiger partial charge in [0.05, 0.1) is 0 Å². The lowest BCUT2D eigenvalue weighted by molar-refractivity contribution is -0.137. The summed E-state index contributed by atoms with van der Waals surface area (Å²) in [5.41, 5.74) is -0.792. The molecule has 1 aliphatic heterocycles. The van der Waals surface area contributed by atoms with Crippen LogP contribution >= 0.6 is 0 Å². The van der Waals surface area contributed by atoms with Gasteiger partial charge in [-0.25, -0.2) is 0 Å². The molecule has 0 saturated carbocycles. The van der Waals surface area contributed by atoms with Crippen LogP contribution in [0.2, 0.25) is 0 Å². The second kappa shape index (κ2) is 5.72. The Morgan fingerprint density at radius 2 is 2.12 bits per heavy atom. The Labute approximate surface area is 103 Å². The van der Waals surface area contributed by atoms with Crippen LogP contribution in [0.4, 0.5) is 0 Å². The summed E-state index contributed by atoms with van der Waals surface area (Å²) in [5, 5.41) is 2.74. The maximum absolute atomic E-state index is 12.1. The monoisotopic (exact) mass is 236 g/mol. The number of carbonyl (C=O) groups is 2. The minimum Gasteiger partial charge on any atom is -0.342 e. The van der Waals surface area contributed by atoms with Gasteiger partial charge in [0.1, 0.15) is 5.54 Å². The SMILES string of the molecule is C#CCCCCN1CCC(=O)NC(C)(C)C1=O. The summed E-state index contributed by atoms with van der Waals surface area (Å²) in [6.45, 7) is 4.67. The maximum atomic E-state index is 12.1. The fourth-order valence-electron chi connectivity index (χ4n) is 1.94. The van der Waals surface area contributed by atoms with Crippen molar-refractivity contribution in [3.63, 3.8) is 0 Å². The molecule has 1 heterocycles. The molecule has 2 amide bonds. The summed E-state index contributed by atoms with van der Waals surface area (Å²) in [5.74, 6) is 2.51. The fourth-order valence-corrected chi connectivity index (χ4v) is 1.94. The highest BCUT2D eigenvalue weighted by molar-refractivity contribution is 5.92. The van der Waals surface area contributed by atoms with E-state index in [2.05, 4.69) is 11.2 Å². The number of rotatable bonds is 4. The summed E-state index contributed by atoms with van der Waals surface area (Å²) in [6.07, 6.45) is 8.10. The largest absolute Gasteiger partial charge is 0.342 e. The second-order valence-electron chi connectivity index (χ2n) is 4.88. The average Bonchev–Trinajstić information content (AvgIpc) is 2.34. The topological polar surface area (TPSA) is 49.4 Å². The first-order valence-corrected chi connectivity index (χ1v) is 6.01. The lowest BCUT2D eigenvalue weighted by atomic mass is 10.0. The van der Waals surface area contributed by atoms with E-state index in [1.807, 2.05) is 0 Å². The Hall–Kier alpha value is -1.50. The van der Waals surface area contributed by atoms with Crippen LogP contribution in [0.3, 0.4) is 0 Å². The molecule has 17 heavy (non-hydrogen) atoms. The van der Waals surface area contributed by atoms with Crippen LogP contribution in [0, 0.1) is 12.3 Å². The predicted molar refractivity (Wildman–Crippen MR) is 66.1 cm³/mol. The van der Waals surface area contributed by atoms with Crippen LogP contribution in [0.5, 0.6) is 0 Å². The first-order chi connectivity index (χ1) is 7.97. The number of hydrogen-bond donors (Lipinski definition) is 1. The molecular weight excluding hydrogens is 216 g/mol. The minimum atomic E-state index is -0.792. The van der Waals surface area contributed by atoms with E-state index >= 15 is 0 Å². The normalized spacial score (nSPS) is 19.5. The lowest BCUT2D eigenvalue weighted by Crippen LogP contribution is -2.52. The van der Waals surface area contributed by atoms with Crippen LogP contribution < -0.4 is 5.32 Å². The van der Waals surface area contributed by atoms with Gasteiger partial charge in [-0.05, 0) is 26.7 Å². The highest BCUT2D eigenvalue weighted by Crippen LogP contribution is 2.14. The van der Waals surface area contributed by atoms with Gasteiger partial charge in [0.2, 0.25) is 11.8 Å². The molecule has 1 aliphatic rings. The quantitative estimate of drug-likeness (QED) is 0.583. The smallest absolute Gasteiger partial charge is 0.247 e. The average molecular weight is 236 g/mol. The van der Waals surface area contributed by atoms with Crippen molar-refractivity contribution in [1.82, 2.24) is 10.2 Å². The highest BCUT2D eigenvalue weighted by Gasteiger charge is 2.35. The zero-order valence-corrected chi connectivity index (χ0v) is 10.6. The van der Waals surface area contributed by atoms with Gasteiger partial charge in [-0.3, -0.25) is 9.59 Å². The van der Waals surface area contributed by atoms with E-state index in [1.54, 1.807) is 18.7 Å². The molecule has 4 heteroatoms. The van der Waals surface area contributed by atoms with E-state index in [1.165, 1.54) is 0 Å². The first kappa shape index (κ1) is 13.6. The summed E-state index contributed by atoms with van der Waals surface area (Å²) >= 11 is 0. The molecule has 0 aromatic carbocycles. The Kier molecular flexibility index (Phi) is 4.56. The van der Waals surface area contributed by atoms with Gasteiger partial charge in [-0.15, -0.1) is 12.3 Å². The summed E-state index contributed by atoms with van der Waals surface area (Å²) < 4.78 is 0. The minimum absolute atomic E-state index is 0.0101. The number of carbonyl (C=O) groups excluding carboxylic acids is 2. The number of unbranched alkanes of at least 4 members (excludes halogenated alkanes) is 2. The van der Waals surface area contributed by atoms with E-state index < -0.39 is 5.54 Å². The molecule has 4 nitrogen and oxygen atoms in total. The third-order valence-corrected chi connectivity index (χ3v) is 2.88. The summed E-state index contributed by atoms with van der Waals surface area (Å²) in [4.78, 5) is 25.4. The van der Waals surface area contributed by atoms with E-state index in [0.29, 0.717) is 19.5 Å². The van der Waals surface area contributed by atoms with E-state index in [9.17, 15) is 9.59 Å². The van der Waals surface area contributed by atoms with Crippen LogP contribution in [-0.4, -0.2) is 35.3 Å². The number of hydrogen-bond acceptors (Lipinski definition) is 2. The van der Waals surface area contributed by atoms with Crippen molar-refractivity contribution in [2.24, 2.45) is 0 Å². The molecule has 1 N–H and O–H groups in total. The van der Waals surface area contributed by atoms with Gasteiger partial charge in [-0.2, -0.15) is 0 Å². The van der Waals surface area contributed by atoms with Crippen molar-refractivity contribution < 1.29 is 9.59 Å². The van der Waals surface area contributed by atoms with E-state index in [0.717, 1.165) is 19.3 Å². The lowest BCUT2D eigenvalue weighted by Gasteiger charge is -2.28. The zero-order chi connectivity index (χ0) is 12.9. The maximum Gasteiger partial charge on any atom is 0.247 e. The van der Waals surface area contributed by atoms with Gasteiger partial charge >= 0.3 is 0 Å². The van der Waals surface area contributed by atoms with Crippen LogP contribution in [0.1, 0.15) is 39.5 Å². The summed E-state index contributed by atoms with van der Waals surface area (Å²) in [7, 11) is 0. The molecule has 1 fully saturated rings. The van der Waals surface area contributed by atoms with Gasteiger partial charge in [-0.1, -0.05) is 0 Å². The standard InChI is InChI=1S/C13H20N2O2/c1-4-5-6-7-9-15-10-8-11(16)14-13(2,3)12(15)17/h1H,5-10H2,2-3H3,(H,14,16). The number of nitrogens with zero attached hydrogens (tertiary/aromatic N) is 1. The highest BCUT2D eigenvalue weighted by atomic mass is 16.2. The molecule has 0 unspecified atom stereocenters. The molecule has 94 valence electrons. The number of nitrogens with one attached hydrogen (secondary N) is 1. The molecule has 1 saturated heterocycles. The van der Waals surface area contributed by atoms with Crippen molar-refractivity contribution >= 4 is 11.8 Å². The predicted octanol–water partition coefficient (Wildman–Crippen LogP) is 0.917. The number of amides is 2. The fraction of sp³-hybridized carbons (Fsp3) is 0.692. The summed E-state index contributed by atoms with van der Waals surface area (Å²) in [6, 6.07) is 0. The Morgan fingerprint density at radius 3 is 2.76 bits per heavy atom. The van der Waals surface area contributed by atoms with Crippen molar-refractivity contribution in [2.75, 3.05) is 13.1 Å². The van der Waals surface area contributed by atoms with Crippen molar-refractivity contribution in [3.8, 4) is 12.3 Å². The Morgan fingerprint density at radius 1 is 1.41 bits per heavy atom. The molecule has 0 aliphatic carbocycles. The Balaban J connectivity index is 2.56. The molecule has 0 aromatic rings.